The van der Waals surface area contributed by atoms with Crippen LogP contribution in [-0.4, -0.2) is 0 Å². The first-order chi connectivity index (χ1) is 8.19. The van der Waals surface area contributed by atoms with Gasteiger partial charge in [-0.25, -0.2) is 0 Å². The van der Waals surface area contributed by atoms with Crippen molar-refractivity contribution in [3.05, 3.63) is 58.1 Å². The molecule has 0 fully saturated rings. The molecule has 17 heavy (non-hydrogen) atoms. The lowest BCUT2D eigenvalue weighted by molar-refractivity contribution is 1.14. The molecule has 0 saturated heterocycles. The van der Waals surface area contributed by atoms with E-state index in [9.17, 15) is 0 Å². The van der Waals surface area contributed by atoms with Crippen molar-refractivity contribution in [1.82, 2.24) is 0 Å². The molecule has 2 rings (SSSR count). The average Bonchev–Trinajstić information content (AvgIpc) is 2.35. The lowest BCUT2D eigenvalue weighted by Gasteiger charge is -2.10. The van der Waals surface area contributed by atoms with Crippen LogP contribution in [0.25, 0.3) is 0 Å². The minimum absolute atomic E-state index is 0.720. The molecule has 3 heteroatoms. The van der Waals surface area contributed by atoms with Crippen LogP contribution >= 0.6 is 23.2 Å². The molecule has 0 atom stereocenters. The van der Waals surface area contributed by atoms with Gasteiger partial charge in [0.15, 0.2) is 0 Å². The Morgan fingerprint density at radius 3 is 2.35 bits per heavy atom. The van der Waals surface area contributed by atoms with Gasteiger partial charge in [0.2, 0.25) is 0 Å². The summed E-state index contributed by atoms with van der Waals surface area (Å²) in [7, 11) is 0. The number of halogens is 2. The van der Waals surface area contributed by atoms with E-state index >= 15 is 0 Å². The average molecular weight is 266 g/mol. The minimum Gasteiger partial charge on any atom is -0.354 e. The van der Waals surface area contributed by atoms with Crippen molar-refractivity contribution in [1.29, 1.82) is 0 Å². The molecule has 0 aliphatic rings. The SMILES string of the molecule is CCc1ccc(Cl)c(Nc2ccc(Cl)cc2)c1. The fraction of sp³-hybridized carbons (Fsp3) is 0.143. The summed E-state index contributed by atoms with van der Waals surface area (Å²) in [6.45, 7) is 2.12. The topological polar surface area (TPSA) is 12.0 Å². The predicted octanol–water partition coefficient (Wildman–Crippen LogP) is 5.30. The van der Waals surface area contributed by atoms with Crippen molar-refractivity contribution in [3.63, 3.8) is 0 Å². The second kappa shape index (κ2) is 5.44. The first-order valence-corrected chi connectivity index (χ1v) is 6.25. The molecule has 88 valence electrons. The third-order valence-corrected chi connectivity index (χ3v) is 3.14. The maximum atomic E-state index is 6.15. The highest BCUT2D eigenvalue weighted by molar-refractivity contribution is 6.33. The smallest absolute Gasteiger partial charge is 0.0641 e. The zero-order valence-electron chi connectivity index (χ0n) is 9.50. The molecular weight excluding hydrogens is 253 g/mol. The van der Waals surface area contributed by atoms with Crippen molar-refractivity contribution in [2.24, 2.45) is 0 Å². The number of nitrogens with one attached hydrogen (secondary N) is 1. The van der Waals surface area contributed by atoms with E-state index < -0.39 is 0 Å². The molecule has 0 unspecified atom stereocenters. The summed E-state index contributed by atoms with van der Waals surface area (Å²) in [4.78, 5) is 0. The van der Waals surface area contributed by atoms with Crippen LogP contribution in [0, 0.1) is 0 Å². The van der Waals surface area contributed by atoms with Gasteiger partial charge in [-0.3, -0.25) is 0 Å². The summed E-state index contributed by atoms with van der Waals surface area (Å²) in [6.07, 6.45) is 0.993. The number of anilines is 2. The number of aryl methyl sites for hydroxylation is 1. The lowest BCUT2D eigenvalue weighted by Crippen LogP contribution is -1.92. The Kier molecular flexibility index (Phi) is 3.93. The molecular formula is C14H13Cl2N. The van der Waals surface area contributed by atoms with Crippen LogP contribution in [0.2, 0.25) is 10.0 Å². The van der Waals surface area contributed by atoms with Crippen molar-refractivity contribution in [2.75, 3.05) is 5.32 Å². The highest BCUT2D eigenvalue weighted by Gasteiger charge is 2.02. The van der Waals surface area contributed by atoms with Gasteiger partial charge in [0.1, 0.15) is 0 Å². The largest absolute Gasteiger partial charge is 0.354 e. The van der Waals surface area contributed by atoms with Gasteiger partial charge in [0, 0.05) is 10.7 Å². The maximum absolute atomic E-state index is 6.15. The first kappa shape index (κ1) is 12.3. The van der Waals surface area contributed by atoms with Crippen LogP contribution in [0.15, 0.2) is 42.5 Å². The van der Waals surface area contributed by atoms with Crippen LogP contribution in [0.5, 0.6) is 0 Å². The number of rotatable bonds is 3. The fourth-order valence-corrected chi connectivity index (χ4v) is 1.87. The molecule has 0 aliphatic heterocycles. The van der Waals surface area contributed by atoms with Crippen LogP contribution in [-0.2, 0) is 6.42 Å². The molecule has 0 bridgehead atoms. The Balaban J connectivity index is 2.25. The van der Waals surface area contributed by atoms with E-state index in [-0.39, 0.29) is 0 Å². The first-order valence-electron chi connectivity index (χ1n) is 5.50. The quantitative estimate of drug-likeness (QED) is 0.794. The molecule has 0 heterocycles. The third-order valence-electron chi connectivity index (χ3n) is 2.56. The van der Waals surface area contributed by atoms with Gasteiger partial charge >= 0.3 is 0 Å². The second-order valence-corrected chi connectivity index (χ2v) is 4.64. The summed E-state index contributed by atoms with van der Waals surface area (Å²) in [5.74, 6) is 0. The standard InChI is InChI=1S/C14H13Cl2N/c1-2-10-3-8-13(16)14(9-10)17-12-6-4-11(15)5-7-12/h3-9,17H,2H2,1H3. The number of benzene rings is 2. The molecule has 0 aliphatic carbocycles. The van der Waals surface area contributed by atoms with Gasteiger partial charge in [-0.2, -0.15) is 0 Å². The molecule has 0 amide bonds. The van der Waals surface area contributed by atoms with E-state index in [0.29, 0.717) is 0 Å². The molecule has 0 aromatic heterocycles. The van der Waals surface area contributed by atoms with Crippen molar-refractivity contribution in [2.45, 2.75) is 13.3 Å². The molecule has 1 nitrogen and oxygen atoms in total. The monoisotopic (exact) mass is 265 g/mol. The van der Waals surface area contributed by atoms with Crippen LogP contribution in [0.3, 0.4) is 0 Å². The van der Waals surface area contributed by atoms with Gasteiger partial charge in [0.05, 0.1) is 10.7 Å². The van der Waals surface area contributed by atoms with E-state index in [1.165, 1.54) is 5.56 Å². The van der Waals surface area contributed by atoms with Gasteiger partial charge < -0.3 is 5.32 Å². The van der Waals surface area contributed by atoms with Crippen molar-refractivity contribution in [3.8, 4) is 0 Å². The van der Waals surface area contributed by atoms with Gasteiger partial charge in [0.25, 0.3) is 0 Å². The Labute approximate surface area is 111 Å². The molecule has 2 aromatic rings. The van der Waals surface area contributed by atoms with Crippen molar-refractivity contribution >= 4 is 34.6 Å². The zero-order chi connectivity index (χ0) is 12.3. The van der Waals surface area contributed by atoms with Gasteiger partial charge in [-0.15, -0.1) is 0 Å². The number of hydrogen-bond donors (Lipinski definition) is 1. The molecule has 2 aromatic carbocycles. The Morgan fingerprint density at radius 1 is 1.00 bits per heavy atom. The van der Waals surface area contributed by atoms with E-state index in [1.807, 2.05) is 36.4 Å². The highest BCUT2D eigenvalue weighted by atomic mass is 35.5. The van der Waals surface area contributed by atoms with Crippen LogP contribution in [0.1, 0.15) is 12.5 Å². The van der Waals surface area contributed by atoms with E-state index in [0.717, 1.165) is 27.8 Å². The summed E-state index contributed by atoms with van der Waals surface area (Å²) in [5, 5.41) is 4.73. The van der Waals surface area contributed by atoms with E-state index in [1.54, 1.807) is 0 Å². The Bertz CT molecular complexity index is 506. The van der Waals surface area contributed by atoms with E-state index in [4.69, 9.17) is 23.2 Å². The zero-order valence-corrected chi connectivity index (χ0v) is 11.0. The molecule has 1 N–H and O–H groups in total. The number of hydrogen-bond acceptors (Lipinski definition) is 1. The summed E-state index contributed by atoms with van der Waals surface area (Å²) >= 11 is 12.0. The Morgan fingerprint density at radius 2 is 1.71 bits per heavy atom. The van der Waals surface area contributed by atoms with Gasteiger partial charge in [-0.05, 0) is 48.4 Å². The molecule has 0 radical (unpaired) electrons. The summed E-state index contributed by atoms with van der Waals surface area (Å²) in [5.41, 5.74) is 3.16. The highest BCUT2D eigenvalue weighted by Crippen LogP contribution is 2.27. The van der Waals surface area contributed by atoms with Crippen molar-refractivity contribution < 1.29 is 0 Å². The maximum Gasteiger partial charge on any atom is 0.0641 e. The van der Waals surface area contributed by atoms with Gasteiger partial charge in [-0.1, -0.05) is 36.2 Å². The molecule has 0 saturated carbocycles. The summed E-state index contributed by atoms with van der Waals surface area (Å²) in [6, 6.07) is 13.6. The Hall–Kier alpha value is -1.18. The minimum atomic E-state index is 0.720. The third kappa shape index (κ3) is 3.15. The van der Waals surface area contributed by atoms with Crippen LogP contribution in [0.4, 0.5) is 11.4 Å². The second-order valence-electron chi connectivity index (χ2n) is 3.80. The molecule has 0 spiro atoms. The van der Waals surface area contributed by atoms with E-state index in [2.05, 4.69) is 18.3 Å². The summed E-state index contributed by atoms with van der Waals surface area (Å²) < 4.78 is 0. The lowest BCUT2D eigenvalue weighted by atomic mass is 10.1. The normalized spacial score (nSPS) is 10.3. The van der Waals surface area contributed by atoms with Crippen LogP contribution < -0.4 is 5.32 Å². The predicted molar refractivity (Wildman–Crippen MR) is 75.6 cm³/mol. The fourth-order valence-electron chi connectivity index (χ4n) is 1.58.